The lowest BCUT2D eigenvalue weighted by Crippen LogP contribution is -2.46. The zero-order chi connectivity index (χ0) is 10.6. The number of hydrogen-bond acceptors (Lipinski definition) is 3. The van der Waals surface area contributed by atoms with Gasteiger partial charge in [0.1, 0.15) is 0 Å². The van der Waals surface area contributed by atoms with Crippen molar-refractivity contribution >= 4 is 0 Å². The van der Waals surface area contributed by atoms with E-state index in [1.807, 2.05) is 0 Å². The van der Waals surface area contributed by atoms with E-state index >= 15 is 0 Å². The largest absolute Gasteiger partial charge is 0.379 e. The van der Waals surface area contributed by atoms with Crippen molar-refractivity contribution in [3.8, 4) is 0 Å². The van der Waals surface area contributed by atoms with Gasteiger partial charge in [0.15, 0.2) is 0 Å². The molecular weight excluding hydrogens is 176 g/mol. The van der Waals surface area contributed by atoms with Gasteiger partial charge in [0.2, 0.25) is 0 Å². The van der Waals surface area contributed by atoms with Gasteiger partial charge in [0.05, 0.1) is 6.10 Å². The summed E-state index contributed by atoms with van der Waals surface area (Å²) in [5.74, 6) is 0.875. The molecule has 0 bridgehead atoms. The molecule has 14 heavy (non-hydrogen) atoms. The van der Waals surface area contributed by atoms with Crippen molar-refractivity contribution in [3.05, 3.63) is 0 Å². The maximum absolute atomic E-state index is 5.62. The molecule has 1 aliphatic heterocycles. The fraction of sp³-hybridized carbons (Fsp3) is 1.00. The summed E-state index contributed by atoms with van der Waals surface area (Å²) < 4.78 is 5.31. The predicted molar refractivity (Wildman–Crippen MR) is 59.3 cm³/mol. The van der Waals surface area contributed by atoms with Gasteiger partial charge >= 0.3 is 0 Å². The van der Waals surface area contributed by atoms with E-state index in [-0.39, 0.29) is 6.10 Å². The van der Waals surface area contributed by atoms with E-state index in [2.05, 4.69) is 18.7 Å². The quantitative estimate of drug-likeness (QED) is 0.738. The molecule has 0 radical (unpaired) electrons. The summed E-state index contributed by atoms with van der Waals surface area (Å²) >= 11 is 0. The monoisotopic (exact) mass is 200 g/mol. The number of nitrogens with two attached hydrogens (primary N) is 1. The molecule has 1 fully saturated rings. The van der Waals surface area contributed by atoms with Crippen LogP contribution in [0.25, 0.3) is 0 Å². The summed E-state index contributed by atoms with van der Waals surface area (Å²) in [5, 5.41) is 0. The zero-order valence-electron chi connectivity index (χ0n) is 9.70. The van der Waals surface area contributed by atoms with E-state index in [0.29, 0.717) is 12.6 Å². The summed E-state index contributed by atoms with van der Waals surface area (Å²) in [4.78, 5) is 2.50. The van der Waals surface area contributed by atoms with Gasteiger partial charge in [-0.2, -0.15) is 0 Å². The van der Waals surface area contributed by atoms with Gasteiger partial charge in [-0.25, -0.2) is 0 Å². The molecule has 1 saturated heterocycles. The smallest absolute Gasteiger partial charge is 0.0820 e. The van der Waals surface area contributed by atoms with Crippen LogP contribution in [-0.2, 0) is 4.74 Å². The summed E-state index contributed by atoms with van der Waals surface area (Å²) in [6.07, 6.45) is 2.82. The van der Waals surface area contributed by atoms with E-state index in [9.17, 15) is 0 Å². The van der Waals surface area contributed by atoms with Crippen molar-refractivity contribution < 1.29 is 4.74 Å². The molecule has 3 unspecified atom stereocenters. The minimum absolute atomic E-state index is 0.200. The lowest BCUT2D eigenvalue weighted by Gasteiger charge is -2.38. The lowest BCUT2D eigenvalue weighted by atomic mass is 9.93. The second-order valence-corrected chi connectivity index (χ2v) is 4.57. The van der Waals surface area contributed by atoms with Crippen molar-refractivity contribution in [2.24, 2.45) is 11.7 Å². The van der Waals surface area contributed by atoms with Crippen LogP contribution < -0.4 is 5.73 Å². The molecule has 0 spiro atoms. The minimum Gasteiger partial charge on any atom is -0.379 e. The number of piperidine rings is 1. The number of ether oxygens (including phenoxy) is 1. The van der Waals surface area contributed by atoms with Gasteiger partial charge in [-0.1, -0.05) is 6.92 Å². The average Bonchev–Trinajstić information content (AvgIpc) is 2.17. The Balaban J connectivity index is 2.36. The van der Waals surface area contributed by atoms with E-state index < -0.39 is 0 Å². The Morgan fingerprint density at radius 3 is 2.71 bits per heavy atom. The SMILES string of the molecule is COC(CN)CN1CCC(C)CC1C. The van der Waals surface area contributed by atoms with Crippen LogP contribution in [0, 0.1) is 5.92 Å². The Morgan fingerprint density at radius 1 is 1.50 bits per heavy atom. The van der Waals surface area contributed by atoms with Gasteiger partial charge in [-0.15, -0.1) is 0 Å². The summed E-state index contributed by atoms with van der Waals surface area (Å²) in [7, 11) is 1.74. The molecule has 1 aliphatic rings. The molecule has 1 heterocycles. The first-order chi connectivity index (χ1) is 6.67. The molecule has 0 aliphatic carbocycles. The molecule has 1 rings (SSSR count). The average molecular weight is 200 g/mol. The normalized spacial score (nSPS) is 31.7. The second-order valence-electron chi connectivity index (χ2n) is 4.57. The minimum atomic E-state index is 0.200. The maximum Gasteiger partial charge on any atom is 0.0820 e. The van der Waals surface area contributed by atoms with E-state index in [0.717, 1.165) is 12.5 Å². The van der Waals surface area contributed by atoms with Crippen molar-refractivity contribution in [2.75, 3.05) is 26.7 Å². The standard InChI is InChI=1S/C11H24N2O/c1-9-4-5-13(10(2)6-9)8-11(7-12)14-3/h9-11H,4-8,12H2,1-3H3. The number of rotatable bonds is 4. The molecule has 0 aromatic rings. The Hall–Kier alpha value is -0.120. The zero-order valence-corrected chi connectivity index (χ0v) is 9.70. The van der Waals surface area contributed by atoms with Crippen molar-refractivity contribution in [1.82, 2.24) is 4.90 Å². The van der Waals surface area contributed by atoms with Crippen LogP contribution >= 0.6 is 0 Å². The highest BCUT2D eigenvalue weighted by Gasteiger charge is 2.24. The summed E-state index contributed by atoms with van der Waals surface area (Å²) in [6.45, 7) is 7.45. The van der Waals surface area contributed by atoms with Crippen LogP contribution in [0.4, 0.5) is 0 Å². The highest BCUT2D eigenvalue weighted by molar-refractivity contribution is 4.79. The molecule has 3 nitrogen and oxygen atoms in total. The Kier molecular flexibility index (Phi) is 4.85. The van der Waals surface area contributed by atoms with E-state index in [1.54, 1.807) is 7.11 Å². The molecule has 3 heteroatoms. The number of methoxy groups -OCH3 is 1. The summed E-state index contributed by atoms with van der Waals surface area (Å²) in [5.41, 5.74) is 5.62. The second kappa shape index (κ2) is 5.69. The fourth-order valence-electron chi connectivity index (χ4n) is 2.23. The van der Waals surface area contributed by atoms with Gasteiger partial charge < -0.3 is 10.5 Å². The van der Waals surface area contributed by atoms with Crippen LogP contribution in [0.1, 0.15) is 26.7 Å². The molecule has 84 valence electrons. The fourth-order valence-corrected chi connectivity index (χ4v) is 2.23. The van der Waals surface area contributed by atoms with Crippen LogP contribution in [0.2, 0.25) is 0 Å². The van der Waals surface area contributed by atoms with Crippen LogP contribution in [0.15, 0.2) is 0 Å². The van der Waals surface area contributed by atoms with Crippen molar-refractivity contribution in [2.45, 2.75) is 38.8 Å². The highest BCUT2D eigenvalue weighted by atomic mass is 16.5. The van der Waals surface area contributed by atoms with Gasteiger partial charge in [-0.05, 0) is 32.2 Å². The number of hydrogen-bond donors (Lipinski definition) is 1. The third-order valence-electron chi connectivity index (χ3n) is 3.31. The molecular formula is C11H24N2O. The number of likely N-dealkylation sites (tertiary alicyclic amines) is 1. The Bertz CT molecular complexity index is 159. The van der Waals surface area contributed by atoms with Gasteiger partial charge in [-0.3, -0.25) is 4.90 Å². The molecule has 0 aromatic heterocycles. The van der Waals surface area contributed by atoms with Crippen LogP contribution in [0.5, 0.6) is 0 Å². The van der Waals surface area contributed by atoms with Crippen molar-refractivity contribution in [1.29, 1.82) is 0 Å². The Labute approximate surface area is 87.6 Å². The van der Waals surface area contributed by atoms with Gasteiger partial charge in [0, 0.05) is 26.2 Å². The van der Waals surface area contributed by atoms with Gasteiger partial charge in [0.25, 0.3) is 0 Å². The van der Waals surface area contributed by atoms with E-state index in [1.165, 1.54) is 19.4 Å². The number of nitrogens with zero attached hydrogens (tertiary/aromatic N) is 1. The topological polar surface area (TPSA) is 38.5 Å². The third kappa shape index (κ3) is 3.23. The third-order valence-corrected chi connectivity index (χ3v) is 3.31. The molecule has 2 N–H and O–H groups in total. The molecule has 0 amide bonds. The van der Waals surface area contributed by atoms with Crippen molar-refractivity contribution in [3.63, 3.8) is 0 Å². The van der Waals surface area contributed by atoms with Crippen LogP contribution in [-0.4, -0.2) is 43.8 Å². The van der Waals surface area contributed by atoms with Crippen LogP contribution in [0.3, 0.4) is 0 Å². The first-order valence-corrected chi connectivity index (χ1v) is 5.64. The first-order valence-electron chi connectivity index (χ1n) is 5.64. The molecule has 0 saturated carbocycles. The lowest BCUT2D eigenvalue weighted by molar-refractivity contribution is 0.0367. The Morgan fingerprint density at radius 2 is 2.21 bits per heavy atom. The predicted octanol–water partition coefficient (Wildman–Crippen LogP) is 1.08. The summed E-state index contributed by atoms with van der Waals surface area (Å²) in [6, 6.07) is 0.683. The maximum atomic E-state index is 5.62. The highest BCUT2D eigenvalue weighted by Crippen LogP contribution is 2.22. The van der Waals surface area contributed by atoms with E-state index in [4.69, 9.17) is 10.5 Å². The molecule has 0 aromatic carbocycles. The molecule has 3 atom stereocenters. The first kappa shape index (κ1) is 12.0.